The number of hydrogen-bond donors (Lipinski definition) is 1. The maximum Gasteiger partial charge on any atom is 0.346 e. The largest absolute Gasteiger partial charge is 0.477 e. The average molecular weight is 311 g/mol. The van der Waals surface area contributed by atoms with Gasteiger partial charge in [-0.15, -0.1) is 11.3 Å². The van der Waals surface area contributed by atoms with Crippen molar-refractivity contribution < 1.29 is 14.3 Å². The van der Waals surface area contributed by atoms with Crippen LogP contribution in [0.25, 0.3) is 26.1 Å². The number of aromatic carboxylic acids is 1. The van der Waals surface area contributed by atoms with Crippen LogP contribution in [0.1, 0.15) is 15.2 Å². The number of halogens is 1. The van der Waals surface area contributed by atoms with Gasteiger partial charge in [0.25, 0.3) is 0 Å². The highest BCUT2D eigenvalue weighted by atomic mass is 32.1. The third kappa shape index (κ3) is 2.24. The molecule has 0 saturated carbocycles. The third-order valence-corrected chi connectivity index (χ3v) is 4.61. The minimum atomic E-state index is -1.05. The molecule has 5 heteroatoms. The van der Waals surface area contributed by atoms with Gasteiger partial charge in [-0.3, -0.25) is 0 Å². The van der Waals surface area contributed by atoms with E-state index in [1.54, 1.807) is 24.3 Å². The van der Waals surface area contributed by atoms with E-state index in [1.807, 2.05) is 6.92 Å². The second-order valence-electron chi connectivity index (χ2n) is 4.86. The van der Waals surface area contributed by atoms with Gasteiger partial charge in [-0.05, 0) is 42.3 Å². The summed E-state index contributed by atoms with van der Waals surface area (Å²) < 4.78 is 14.0. The number of fused-ring (bicyclic) bond motifs is 1. The number of hydrogen-bond acceptors (Lipinski definition) is 2. The molecular weight excluding hydrogens is 301 g/mol. The van der Waals surface area contributed by atoms with Crippen LogP contribution in [-0.4, -0.2) is 11.1 Å². The van der Waals surface area contributed by atoms with E-state index in [9.17, 15) is 14.3 Å². The van der Waals surface area contributed by atoms with Gasteiger partial charge in [0.2, 0.25) is 0 Å². The predicted octanol–water partition coefficient (Wildman–Crippen LogP) is 5.26. The zero-order valence-electron chi connectivity index (χ0n) is 11.6. The molecule has 0 fully saturated rings. The Balaban J connectivity index is 2.41. The van der Waals surface area contributed by atoms with Crippen LogP contribution in [0.2, 0.25) is 0 Å². The Bertz CT molecular complexity index is 953. The summed E-state index contributed by atoms with van der Waals surface area (Å²) in [6.07, 6.45) is 0. The maximum absolute atomic E-state index is 13.4. The van der Waals surface area contributed by atoms with Crippen LogP contribution in [0.5, 0.6) is 0 Å². The van der Waals surface area contributed by atoms with Gasteiger partial charge < -0.3 is 5.11 Å². The molecule has 0 saturated heterocycles. The number of carboxylic acids is 1. The van der Waals surface area contributed by atoms with Crippen molar-refractivity contribution in [2.24, 2.45) is 0 Å². The lowest BCUT2D eigenvalue weighted by atomic mass is 9.97. The van der Waals surface area contributed by atoms with Gasteiger partial charge in [-0.2, -0.15) is 0 Å². The Morgan fingerprint density at radius 2 is 2.05 bits per heavy atom. The first-order valence-electron chi connectivity index (χ1n) is 6.45. The number of carbonyl (C=O) groups is 1. The highest BCUT2D eigenvalue weighted by Gasteiger charge is 2.20. The Kier molecular flexibility index (Phi) is 3.39. The molecule has 0 aliphatic carbocycles. The monoisotopic (exact) mass is 311 g/mol. The minimum Gasteiger partial charge on any atom is -0.477 e. The van der Waals surface area contributed by atoms with E-state index in [0.717, 1.165) is 16.9 Å². The fraction of sp³-hybridized carbons (Fsp3) is 0.0588. The van der Waals surface area contributed by atoms with Crippen LogP contribution in [0.15, 0.2) is 36.4 Å². The highest BCUT2D eigenvalue weighted by Crippen LogP contribution is 2.41. The van der Waals surface area contributed by atoms with Crippen LogP contribution < -0.4 is 0 Å². The molecule has 0 spiro atoms. The topological polar surface area (TPSA) is 41.7 Å². The van der Waals surface area contributed by atoms with Gasteiger partial charge in [-0.25, -0.2) is 14.0 Å². The summed E-state index contributed by atoms with van der Waals surface area (Å²) in [5.74, 6) is -1.45. The number of aryl methyl sites for hydroxylation is 1. The Morgan fingerprint density at radius 3 is 2.73 bits per heavy atom. The van der Waals surface area contributed by atoms with Crippen molar-refractivity contribution in [3.8, 4) is 11.1 Å². The number of carboxylic acid groups (broad SMARTS) is 1. The van der Waals surface area contributed by atoms with Gasteiger partial charge in [0.1, 0.15) is 10.7 Å². The first-order valence-corrected chi connectivity index (χ1v) is 7.26. The van der Waals surface area contributed by atoms with Crippen LogP contribution in [0, 0.1) is 19.3 Å². The number of nitrogens with zero attached hydrogens (tertiary/aromatic N) is 1. The van der Waals surface area contributed by atoms with Crippen LogP contribution in [-0.2, 0) is 0 Å². The summed E-state index contributed by atoms with van der Waals surface area (Å²) in [5, 5.41) is 10.2. The van der Waals surface area contributed by atoms with Crippen LogP contribution in [0.4, 0.5) is 10.1 Å². The van der Waals surface area contributed by atoms with Crippen molar-refractivity contribution in [2.45, 2.75) is 6.92 Å². The summed E-state index contributed by atoms with van der Waals surface area (Å²) in [4.78, 5) is 15.1. The van der Waals surface area contributed by atoms with E-state index in [2.05, 4.69) is 4.85 Å². The molecule has 0 unspecified atom stereocenters. The Morgan fingerprint density at radius 1 is 1.27 bits per heavy atom. The van der Waals surface area contributed by atoms with Gasteiger partial charge in [0.15, 0.2) is 5.69 Å². The van der Waals surface area contributed by atoms with E-state index < -0.39 is 11.8 Å². The first-order chi connectivity index (χ1) is 10.5. The summed E-state index contributed by atoms with van der Waals surface area (Å²) >= 11 is 1.05. The fourth-order valence-electron chi connectivity index (χ4n) is 2.44. The molecule has 0 aliphatic heterocycles. The van der Waals surface area contributed by atoms with Gasteiger partial charge in [-0.1, -0.05) is 12.1 Å². The average Bonchev–Trinajstić information content (AvgIpc) is 2.86. The number of thiophene rings is 1. The summed E-state index contributed by atoms with van der Waals surface area (Å²) in [5.41, 5.74) is 2.57. The van der Waals surface area contributed by atoms with Crippen molar-refractivity contribution in [1.82, 2.24) is 0 Å². The van der Waals surface area contributed by atoms with Gasteiger partial charge in [0, 0.05) is 15.6 Å². The van der Waals surface area contributed by atoms with Crippen molar-refractivity contribution in [1.29, 1.82) is 0 Å². The van der Waals surface area contributed by atoms with E-state index in [-0.39, 0.29) is 4.88 Å². The minimum absolute atomic E-state index is 0.158. The lowest BCUT2D eigenvalue weighted by Gasteiger charge is -2.07. The smallest absolute Gasteiger partial charge is 0.346 e. The van der Waals surface area contributed by atoms with Crippen molar-refractivity contribution in [3.05, 3.63) is 64.1 Å². The zero-order valence-corrected chi connectivity index (χ0v) is 12.4. The van der Waals surface area contributed by atoms with E-state index in [1.165, 1.54) is 12.1 Å². The lowest BCUT2D eigenvalue weighted by molar-refractivity contribution is 0.0703. The summed E-state index contributed by atoms with van der Waals surface area (Å²) in [6, 6.07) is 9.41. The van der Waals surface area contributed by atoms with Crippen LogP contribution >= 0.6 is 11.3 Å². The fourth-order valence-corrected chi connectivity index (χ4v) is 3.52. The molecule has 0 amide bonds. The zero-order chi connectivity index (χ0) is 15.9. The second kappa shape index (κ2) is 5.24. The molecule has 3 nitrogen and oxygen atoms in total. The molecule has 22 heavy (non-hydrogen) atoms. The van der Waals surface area contributed by atoms with E-state index in [4.69, 9.17) is 6.57 Å². The molecule has 1 aromatic heterocycles. The first kappa shape index (κ1) is 14.2. The van der Waals surface area contributed by atoms with E-state index >= 15 is 0 Å². The highest BCUT2D eigenvalue weighted by molar-refractivity contribution is 7.21. The van der Waals surface area contributed by atoms with Crippen molar-refractivity contribution >= 4 is 33.1 Å². The predicted molar refractivity (Wildman–Crippen MR) is 85.2 cm³/mol. The molecule has 108 valence electrons. The third-order valence-electron chi connectivity index (χ3n) is 3.47. The molecule has 0 radical (unpaired) electrons. The van der Waals surface area contributed by atoms with Gasteiger partial charge >= 0.3 is 5.97 Å². The van der Waals surface area contributed by atoms with Crippen molar-refractivity contribution in [2.75, 3.05) is 0 Å². The molecule has 0 aliphatic rings. The lowest BCUT2D eigenvalue weighted by Crippen LogP contribution is -1.95. The van der Waals surface area contributed by atoms with E-state index in [0.29, 0.717) is 26.9 Å². The standard InChI is InChI=1S/C17H10FNO2S/c1-9-3-5-11(19-2)8-13(9)15-12-6-4-10(18)7-14(12)22-16(15)17(20)21/h3-8H,1H3,(H,20,21). The summed E-state index contributed by atoms with van der Waals surface area (Å²) in [7, 11) is 0. The Hall–Kier alpha value is -2.71. The summed E-state index contributed by atoms with van der Waals surface area (Å²) in [6.45, 7) is 8.99. The maximum atomic E-state index is 13.4. The van der Waals surface area contributed by atoms with Crippen molar-refractivity contribution in [3.63, 3.8) is 0 Å². The normalized spacial score (nSPS) is 10.6. The molecule has 1 N–H and O–H groups in total. The molecule has 1 heterocycles. The molecule has 3 rings (SSSR count). The molecule has 0 bridgehead atoms. The SMILES string of the molecule is [C-]#[N+]c1ccc(C)c(-c2c(C(=O)O)sc3cc(F)ccc23)c1. The Labute approximate surface area is 130 Å². The number of rotatable bonds is 2. The quantitative estimate of drug-likeness (QED) is 0.655. The van der Waals surface area contributed by atoms with Crippen LogP contribution in [0.3, 0.4) is 0 Å². The second-order valence-corrected chi connectivity index (χ2v) is 5.92. The molecule has 2 aromatic carbocycles. The molecule has 0 atom stereocenters. The molecule has 3 aromatic rings. The molecular formula is C17H10FNO2S. The number of benzene rings is 2. The van der Waals surface area contributed by atoms with Gasteiger partial charge in [0.05, 0.1) is 6.57 Å².